The third kappa shape index (κ3) is 4.93. The van der Waals surface area contributed by atoms with E-state index in [-0.39, 0.29) is 18.7 Å². The summed E-state index contributed by atoms with van der Waals surface area (Å²) in [7, 11) is 0. The minimum atomic E-state index is -0.217. The Morgan fingerprint density at radius 3 is 2.22 bits per heavy atom. The van der Waals surface area contributed by atoms with Crippen molar-refractivity contribution in [3.63, 3.8) is 0 Å². The zero-order valence-corrected chi connectivity index (χ0v) is 15.2. The summed E-state index contributed by atoms with van der Waals surface area (Å²) in [5.41, 5.74) is 0. The van der Waals surface area contributed by atoms with Gasteiger partial charge in [0.1, 0.15) is 11.5 Å². The van der Waals surface area contributed by atoms with E-state index in [1.54, 1.807) is 34.1 Å². The van der Waals surface area contributed by atoms with Gasteiger partial charge >= 0.3 is 6.03 Å². The van der Waals surface area contributed by atoms with Crippen molar-refractivity contribution in [3.8, 4) is 11.5 Å². The van der Waals surface area contributed by atoms with Crippen LogP contribution in [0.2, 0.25) is 0 Å². The SMILES string of the molecule is CCOc1ccc(OCNC(=O)N2CCN(C(=O)c3ccco3)CC2)cc1. The van der Waals surface area contributed by atoms with E-state index < -0.39 is 0 Å². The average molecular weight is 373 g/mol. The highest BCUT2D eigenvalue weighted by Crippen LogP contribution is 2.17. The number of carbonyl (C=O) groups excluding carboxylic acids is 2. The summed E-state index contributed by atoms with van der Waals surface area (Å²) in [6.07, 6.45) is 1.47. The van der Waals surface area contributed by atoms with Gasteiger partial charge in [0.15, 0.2) is 12.5 Å². The van der Waals surface area contributed by atoms with Crippen LogP contribution in [0.15, 0.2) is 47.1 Å². The second-order valence-electron chi connectivity index (χ2n) is 5.93. The van der Waals surface area contributed by atoms with Crippen molar-refractivity contribution in [2.24, 2.45) is 0 Å². The summed E-state index contributed by atoms with van der Waals surface area (Å²) in [5, 5.41) is 2.72. The number of urea groups is 1. The molecule has 1 saturated heterocycles. The molecule has 2 aromatic rings. The van der Waals surface area contributed by atoms with Crippen LogP contribution in [-0.4, -0.2) is 61.3 Å². The van der Waals surface area contributed by atoms with Crippen molar-refractivity contribution < 1.29 is 23.5 Å². The van der Waals surface area contributed by atoms with Gasteiger partial charge < -0.3 is 29.0 Å². The number of nitrogens with one attached hydrogen (secondary N) is 1. The number of ether oxygens (including phenoxy) is 2. The smallest absolute Gasteiger partial charge is 0.320 e. The van der Waals surface area contributed by atoms with E-state index >= 15 is 0 Å². The minimum absolute atomic E-state index is 0.0678. The maximum Gasteiger partial charge on any atom is 0.320 e. The van der Waals surface area contributed by atoms with Gasteiger partial charge in [-0.25, -0.2) is 4.79 Å². The molecule has 3 rings (SSSR count). The molecule has 1 aliphatic rings. The van der Waals surface area contributed by atoms with Crippen LogP contribution in [0.3, 0.4) is 0 Å². The van der Waals surface area contributed by atoms with Gasteiger partial charge in [-0.05, 0) is 43.3 Å². The van der Waals surface area contributed by atoms with Crippen molar-refractivity contribution >= 4 is 11.9 Å². The third-order valence-corrected chi connectivity index (χ3v) is 4.18. The molecule has 0 unspecified atom stereocenters. The summed E-state index contributed by atoms with van der Waals surface area (Å²) in [6.45, 7) is 4.45. The van der Waals surface area contributed by atoms with Crippen LogP contribution in [0.4, 0.5) is 4.79 Å². The lowest BCUT2D eigenvalue weighted by Gasteiger charge is -2.34. The fourth-order valence-electron chi connectivity index (χ4n) is 2.76. The first-order valence-corrected chi connectivity index (χ1v) is 8.88. The Hall–Kier alpha value is -3.16. The number of carbonyl (C=O) groups is 2. The zero-order valence-electron chi connectivity index (χ0n) is 15.2. The van der Waals surface area contributed by atoms with Gasteiger partial charge in [-0.15, -0.1) is 0 Å². The zero-order chi connectivity index (χ0) is 19.1. The molecule has 3 amide bonds. The van der Waals surface area contributed by atoms with Crippen LogP contribution < -0.4 is 14.8 Å². The lowest BCUT2D eigenvalue weighted by Crippen LogP contribution is -2.53. The van der Waals surface area contributed by atoms with Crippen molar-refractivity contribution in [2.45, 2.75) is 6.92 Å². The normalized spacial score (nSPS) is 14.0. The summed E-state index contributed by atoms with van der Waals surface area (Å²) < 4.78 is 16.0. The molecule has 8 nitrogen and oxygen atoms in total. The van der Waals surface area contributed by atoms with Gasteiger partial charge in [0.05, 0.1) is 12.9 Å². The number of piperazine rings is 1. The van der Waals surface area contributed by atoms with Crippen LogP contribution in [0.25, 0.3) is 0 Å². The first-order chi connectivity index (χ1) is 13.2. The maximum atomic E-state index is 12.2. The molecule has 0 spiro atoms. The maximum absolute atomic E-state index is 12.2. The van der Waals surface area contributed by atoms with Crippen LogP contribution in [0.1, 0.15) is 17.5 Å². The first-order valence-electron chi connectivity index (χ1n) is 8.88. The minimum Gasteiger partial charge on any atom is -0.494 e. The molecule has 1 aromatic heterocycles. The Bertz CT molecular complexity index is 737. The number of furan rings is 1. The van der Waals surface area contributed by atoms with Gasteiger partial charge in [0.25, 0.3) is 5.91 Å². The predicted octanol–water partition coefficient (Wildman–Crippen LogP) is 2.18. The Labute approximate surface area is 157 Å². The molecule has 144 valence electrons. The summed E-state index contributed by atoms with van der Waals surface area (Å²) in [6, 6.07) is 10.3. The topological polar surface area (TPSA) is 84.3 Å². The van der Waals surface area contributed by atoms with Gasteiger partial charge in [-0.3, -0.25) is 4.79 Å². The summed E-state index contributed by atoms with van der Waals surface area (Å²) in [4.78, 5) is 27.8. The molecule has 1 fully saturated rings. The largest absolute Gasteiger partial charge is 0.494 e. The molecule has 1 aromatic carbocycles. The van der Waals surface area contributed by atoms with Gasteiger partial charge in [0, 0.05) is 26.2 Å². The summed E-state index contributed by atoms with van der Waals surface area (Å²) >= 11 is 0. The fourth-order valence-corrected chi connectivity index (χ4v) is 2.76. The van der Waals surface area contributed by atoms with Crippen LogP contribution in [0, 0.1) is 0 Å². The Morgan fingerprint density at radius 2 is 1.63 bits per heavy atom. The summed E-state index contributed by atoms with van der Waals surface area (Å²) in [5.74, 6) is 1.58. The first kappa shape index (κ1) is 18.6. The number of rotatable bonds is 6. The van der Waals surface area contributed by atoms with E-state index in [4.69, 9.17) is 13.9 Å². The molecular formula is C19H23N3O5. The second-order valence-corrected chi connectivity index (χ2v) is 5.93. The number of hydrogen-bond donors (Lipinski definition) is 1. The average Bonchev–Trinajstić information content (AvgIpc) is 3.24. The van der Waals surface area contributed by atoms with Crippen molar-refractivity contribution in [1.82, 2.24) is 15.1 Å². The molecule has 0 saturated carbocycles. The number of amides is 3. The number of benzene rings is 1. The van der Waals surface area contributed by atoms with Gasteiger partial charge in [-0.2, -0.15) is 0 Å². The van der Waals surface area contributed by atoms with E-state index in [2.05, 4.69) is 5.32 Å². The van der Waals surface area contributed by atoms with Crippen LogP contribution >= 0.6 is 0 Å². The van der Waals surface area contributed by atoms with Crippen molar-refractivity contribution in [3.05, 3.63) is 48.4 Å². The molecule has 27 heavy (non-hydrogen) atoms. The molecular weight excluding hydrogens is 350 g/mol. The van der Waals surface area contributed by atoms with Crippen molar-refractivity contribution in [2.75, 3.05) is 39.5 Å². The van der Waals surface area contributed by atoms with Gasteiger partial charge in [0.2, 0.25) is 0 Å². The molecule has 8 heteroatoms. The highest BCUT2D eigenvalue weighted by atomic mass is 16.5. The molecule has 0 aliphatic carbocycles. The third-order valence-electron chi connectivity index (χ3n) is 4.18. The van der Waals surface area contributed by atoms with E-state index in [1.165, 1.54) is 6.26 Å². The molecule has 1 N–H and O–H groups in total. The Balaban J connectivity index is 1.38. The molecule has 2 heterocycles. The molecule has 0 bridgehead atoms. The van der Waals surface area contributed by atoms with E-state index in [0.717, 1.165) is 5.75 Å². The standard InChI is InChI=1S/C19H23N3O5/c1-2-25-15-5-7-16(8-6-15)27-14-20-19(24)22-11-9-21(10-12-22)18(23)17-4-3-13-26-17/h3-8,13H,2,9-12,14H2,1H3,(H,20,24). The second kappa shape index (κ2) is 8.98. The Kier molecular flexibility index (Phi) is 6.19. The highest BCUT2D eigenvalue weighted by Gasteiger charge is 2.25. The molecule has 0 radical (unpaired) electrons. The van der Waals surface area contributed by atoms with Crippen LogP contribution in [0.5, 0.6) is 11.5 Å². The lowest BCUT2D eigenvalue weighted by molar-refractivity contribution is 0.0631. The van der Waals surface area contributed by atoms with Gasteiger partial charge in [-0.1, -0.05) is 0 Å². The number of hydrogen-bond acceptors (Lipinski definition) is 5. The van der Waals surface area contributed by atoms with E-state index in [0.29, 0.717) is 44.3 Å². The fraction of sp³-hybridized carbons (Fsp3) is 0.368. The lowest BCUT2D eigenvalue weighted by atomic mass is 10.3. The van der Waals surface area contributed by atoms with Crippen LogP contribution in [-0.2, 0) is 0 Å². The molecule has 0 atom stereocenters. The predicted molar refractivity (Wildman–Crippen MR) is 97.8 cm³/mol. The van der Waals surface area contributed by atoms with E-state index in [9.17, 15) is 9.59 Å². The monoisotopic (exact) mass is 373 g/mol. The van der Waals surface area contributed by atoms with E-state index in [1.807, 2.05) is 19.1 Å². The number of nitrogens with zero attached hydrogens (tertiary/aromatic N) is 2. The van der Waals surface area contributed by atoms with Crippen molar-refractivity contribution in [1.29, 1.82) is 0 Å². The highest BCUT2D eigenvalue weighted by molar-refractivity contribution is 5.91. The molecule has 1 aliphatic heterocycles. The Morgan fingerprint density at radius 1 is 1.00 bits per heavy atom. The quantitative estimate of drug-likeness (QED) is 0.785.